The van der Waals surface area contributed by atoms with Gasteiger partial charge < -0.3 is 20.4 Å². The lowest BCUT2D eigenvalue weighted by atomic mass is 9.89. The van der Waals surface area contributed by atoms with Gasteiger partial charge in [0.25, 0.3) is 0 Å². The first-order valence-electron chi connectivity index (χ1n) is 8.73. The van der Waals surface area contributed by atoms with Crippen LogP contribution in [0.4, 0.5) is 24.8 Å². The van der Waals surface area contributed by atoms with Crippen LogP contribution in [0.2, 0.25) is 0 Å². The smallest absolute Gasteiger partial charge is 0.406 e. The van der Waals surface area contributed by atoms with Crippen LogP contribution in [0.3, 0.4) is 0 Å². The van der Waals surface area contributed by atoms with Crippen molar-refractivity contribution in [2.75, 3.05) is 23.7 Å². The van der Waals surface area contributed by atoms with Crippen molar-refractivity contribution < 1.29 is 17.9 Å². The van der Waals surface area contributed by atoms with Crippen molar-refractivity contribution >= 4 is 22.7 Å². The van der Waals surface area contributed by atoms with E-state index < -0.39 is 6.36 Å². The highest BCUT2D eigenvalue weighted by molar-refractivity contribution is 5.80. The van der Waals surface area contributed by atoms with Crippen molar-refractivity contribution in [2.45, 2.75) is 25.1 Å². The Morgan fingerprint density at radius 2 is 1.78 bits per heavy atom. The molecule has 0 atom stereocenters. The predicted octanol–water partition coefficient (Wildman–Crippen LogP) is 4.43. The van der Waals surface area contributed by atoms with Gasteiger partial charge in [0.15, 0.2) is 0 Å². The second-order valence-corrected chi connectivity index (χ2v) is 6.72. The highest BCUT2D eigenvalue weighted by Crippen LogP contribution is 2.32. The Labute approximate surface area is 153 Å². The summed E-state index contributed by atoms with van der Waals surface area (Å²) in [5, 5.41) is 0. The molecule has 1 fully saturated rings. The van der Waals surface area contributed by atoms with Crippen molar-refractivity contribution in [3.05, 3.63) is 48.0 Å². The van der Waals surface area contributed by atoms with Gasteiger partial charge in [-0.2, -0.15) is 0 Å². The standard InChI is InChI=1S/C19H19F3N4O/c20-19(21,22)27-15-4-1-12(2-5-15)13-7-9-26(10-8-13)18-24-16-6-3-14(23)11-17(16)25-18/h1-6,11,13H,7-10,23H2,(H,24,25). The molecule has 0 unspecified atom stereocenters. The van der Waals surface area contributed by atoms with Gasteiger partial charge in [0, 0.05) is 18.8 Å². The topological polar surface area (TPSA) is 67.2 Å². The van der Waals surface area contributed by atoms with E-state index in [4.69, 9.17) is 5.73 Å². The number of hydrogen-bond acceptors (Lipinski definition) is 4. The molecule has 1 aliphatic rings. The number of H-pyrrole nitrogens is 1. The van der Waals surface area contributed by atoms with Crippen LogP contribution in [0, 0.1) is 0 Å². The number of fused-ring (bicyclic) bond motifs is 1. The quantitative estimate of drug-likeness (QED) is 0.664. The fraction of sp³-hybridized carbons (Fsp3) is 0.316. The van der Waals surface area contributed by atoms with Crippen molar-refractivity contribution in [3.63, 3.8) is 0 Å². The minimum Gasteiger partial charge on any atom is -0.406 e. The summed E-state index contributed by atoms with van der Waals surface area (Å²) in [7, 11) is 0. The maximum atomic E-state index is 12.3. The lowest BCUT2D eigenvalue weighted by Gasteiger charge is -2.32. The van der Waals surface area contributed by atoms with Crippen LogP contribution in [0.15, 0.2) is 42.5 Å². The monoisotopic (exact) mass is 376 g/mol. The number of rotatable bonds is 3. The number of benzene rings is 2. The van der Waals surface area contributed by atoms with Gasteiger partial charge in [-0.15, -0.1) is 13.2 Å². The highest BCUT2D eigenvalue weighted by atomic mass is 19.4. The number of hydrogen-bond donors (Lipinski definition) is 2. The van der Waals surface area contributed by atoms with Gasteiger partial charge in [0.1, 0.15) is 5.75 Å². The number of nitrogen functional groups attached to an aromatic ring is 1. The molecule has 142 valence electrons. The molecule has 1 aromatic heterocycles. The normalized spacial score (nSPS) is 16.0. The first-order valence-corrected chi connectivity index (χ1v) is 8.73. The molecule has 8 heteroatoms. The molecule has 1 aliphatic heterocycles. The Hall–Kier alpha value is -2.90. The zero-order chi connectivity index (χ0) is 19.0. The highest BCUT2D eigenvalue weighted by Gasteiger charge is 2.31. The van der Waals surface area contributed by atoms with E-state index in [1.807, 2.05) is 18.2 Å². The van der Waals surface area contributed by atoms with Crippen molar-refractivity contribution in [1.82, 2.24) is 9.97 Å². The number of anilines is 2. The van der Waals surface area contributed by atoms with Gasteiger partial charge in [-0.1, -0.05) is 12.1 Å². The van der Waals surface area contributed by atoms with E-state index in [0.29, 0.717) is 11.6 Å². The summed E-state index contributed by atoms with van der Waals surface area (Å²) in [5.74, 6) is 0.939. The number of nitrogens with one attached hydrogen (secondary N) is 1. The van der Waals surface area contributed by atoms with E-state index in [1.165, 1.54) is 12.1 Å². The molecule has 2 aromatic carbocycles. The Bertz CT molecular complexity index is 928. The predicted molar refractivity (Wildman–Crippen MR) is 97.8 cm³/mol. The maximum absolute atomic E-state index is 12.3. The summed E-state index contributed by atoms with van der Waals surface area (Å²) in [6, 6.07) is 11.8. The van der Waals surface area contributed by atoms with E-state index in [1.54, 1.807) is 12.1 Å². The van der Waals surface area contributed by atoms with Crippen LogP contribution in [-0.4, -0.2) is 29.4 Å². The summed E-state index contributed by atoms with van der Waals surface area (Å²) in [4.78, 5) is 10.1. The number of aromatic nitrogens is 2. The summed E-state index contributed by atoms with van der Waals surface area (Å²) in [6.45, 7) is 1.64. The number of imidazole rings is 1. The van der Waals surface area contributed by atoms with Crippen LogP contribution in [0.1, 0.15) is 24.3 Å². The summed E-state index contributed by atoms with van der Waals surface area (Å²) in [6.07, 6.45) is -2.86. The first-order chi connectivity index (χ1) is 12.9. The Kier molecular flexibility index (Phi) is 4.33. The van der Waals surface area contributed by atoms with Gasteiger partial charge >= 0.3 is 6.36 Å². The Morgan fingerprint density at radius 1 is 1.07 bits per heavy atom. The molecule has 4 rings (SSSR count). The van der Waals surface area contributed by atoms with Gasteiger partial charge in [0.05, 0.1) is 11.0 Å². The number of piperidine rings is 1. The first kappa shape index (κ1) is 17.5. The lowest BCUT2D eigenvalue weighted by molar-refractivity contribution is -0.274. The lowest BCUT2D eigenvalue weighted by Crippen LogP contribution is -2.33. The third-order valence-corrected chi connectivity index (χ3v) is 4.87. The van der Waals surface area contributed by atoms with Gasteiger partial charge in [0.2, 0.25) is 5.95 Å². The molecule has 2 heterocycles. The summed E-state index contributed by atoms with van der Waals surface area (Å²) >= 11 is 0. The van der Waals surface area contributed by atoms with Crippen molar-refractivity contribution in [2.24, 2.45) is 0 Å². The van der Waals surface area contributed by atoms with Gasteiger partial charge in [-0.3, -0.25) is 0 Å². The molecule has 0 amide bonds. The molecular formula is C19H19F3N4O. The third kappa shape index (κ3) is 3.94. The molecule has 0 spiro atoms. The molecule has 0 radical (unpaired) electrons. The van der Waals surface area contributed by atoms with Crippen LogP contribution < -0.4 is 15.4 Å². The van der Waals surface area contributed by atoms with Crippen LogP contribution in [0.5, 0.6) is 5.75 Å². The van der Waals surface area contributed by atoms with Gasteiger partial charge in [-0.05, 0) is 54.7 Å². The minimum atomic E-state index is -4.66. The fourth-order valence-corrected chi connectivity index (χ4v) is 3.53. The van der Waals surface area contributed by atoms with E-state index in [2.05, 4.69) is 19.6 Å². The molecule has 0 aliphatic carbocycles. The number of alkyl halides is 3. The van der Waals surface area contributed by atoms with E-state index in [9.17, 15) is 13.2 Å². The number of nitrogens with two attached hydrogens (primary N) is 1. The molecule has 3 aromatic rings. The zero-order valence-electron chi connectivity index (χ0n) is 14.5. The van der Waals surface area contributed by atoms with Crippen molar-refractivity contribution in [3.8, 4) is 5.75 Å². The van der Waals surface area contributed by atoms with Crippen LogP contribution >= 0.6 is 0 Å². The van der Waals surface area contributed by atoms with Crippen molar-refractivity contribution in [1.29, 1.82) is 0 Å². The number of aromatic amines is 1. The number of ether oxygens (including phenoxy) is 1. The van der Waals surface area contributed by atoms with E-state index in [0.717, 1.165) is 48.5 Å². The molecule has 3 N–H and O–H groups in total. The molecule has 0 saturated carbocycles. The fourth-order valence-electron chi connectivity index (χ4n) is 3.53. The summed E-state index contributed by atoms with van der Waals surface area (Å²) in [5.41, 5.74) is 9.31. The largest absolute Gasteiger partial charge is 0.573 e. The SMILES string of the molecule is Nc1ccc2nc(N3CCC(c4ccc(OC(F)(F)F)cc4)CC3)[nH]c2c1. The molecule has 1 saturated heterocycles. The third-order valence-electron chi connectivity index (χ3n) is 4.87. The second-order valence-electron chi connectivity index (χ2n) is 6.72. The van der Waals surface area contributed by atoms with Gasteiger partial charge in [-0.25, -0.2) is 4.98 Å². The van der Waals surface area contributed by atoms with Crippen LogP contribution in [0.25, 0.3) is 11.0 Å². The maximum Gasteiger partial charge on any atom is 0.573 e. The second kappa shape index (κ2) is 6.68. The van der Waals surface area contributed by atoms with E-state index in [-0.39, 0.29) is 5.75 Å². The average molecular weight is 376 g/mol. The molecular weight excluding hydrogens is 357 g/mol. The summed E-state index contributed by atoms with van der Waals surface area (Å²) < 4.78 is 40.7. The Morgan fingerprint density at radius 3 is 2.44 bits per heavy atom. The number of nitrogens with zero attached hydrogens (tertiary/aromatic N) is 2. The average Bonchev–Trinajstić information content (AvgIpc) is 3.04. The Balaban J connectivity index is 1.40. The van der Waals surface area contributed by atoms with E-state index >= 15 is 0 Å². The zero-order valence-corrected chi connectivity index (χ0v) is 14.5. The molecule has 0 bridgehead atoms. The molecule has 5 nitrogen and oxygen atoms in total. The number of halogens is 3. The van der Waals surface area contributed by atoms with Crippen LogP contribution in [-0.2, 0) is 0 Å². The molecule has 27 heavy (non-hydrogen) atoms. The minimum absolute atomic E-state index is 0.190.